The van der Waals surface area contributed by atoms with Crippen LogP contribution >= 0.6 is 0 Å². The maximum atomic E-state index is 8.98. The van der Waals surface area contributed by atoms with Crippen LogP contribution in [0.5, 0.6) is 5.88 Å². The van der Waals surface area contributed by atoms with Crippen molar-refractivity contribution in [1.29, 1.82) is 0 Å². The SMILES string of the molecule is OCC1CCC(Oc2ccccn2)C1. The fourth-order valence-corrected chi connectivity index (χ4v) is 1.89. The van der Waals surface area contributed by atoms with Crippen molar-refractivity contribution in [3.05, 3.63) is 24.4 Å². The standard InChI is InChI=1S/C11H15NO2/c13-8-9-4-5-10(7-9)14-11-3-1-2-6-12-11/h1-3,6,9-10,13H,4-5,7-8H2. The smallest absolute Gasteiger partial charge is 0.213 e. The summed E-state index contributed by atoms with van der Waals surface area (Å²) in [6, 6.07) is 5.66. The lowest BCUT2D eigenvalue weighted by molar-refractivity contribution is 0.178. The van der Waals surface area contributed by atoms with Gasteiger partial charge in [0.05, 0.1) is 0 Å². The lowest BCUT2D eigenvalue weighted by Gasteiger charge is -2.12. The van der Waals surface area contributed by atoms with Gasteiger partial charge < -0.3 is 9.84 Å². The average molecular weight is 193 g/mol. The topological polar surface area (TPSA) is 42.4 Å². The highest BCUT2D eigenvalue weighted by Crippen LogP contribution is 2.27. The zero-order valence-electron chi connectivity index (χ0n) is 8.10. The monoisotopic (exact) mass is 193 g/mol. The van der Waals surface area contributed by atoms with E-state index in [1.807, 2.05) is 18.2 Å². The van der Waals surface area contributed by atoms with Crippen molar-refractivity contribution in [3.63, 3.8) is 0 Å². The molecule has 1 heterocycles. The van der Waals surface area contributed by atoms with Crippen molar-refractivity contribution in [3.8, 4) is 5.88 Å². The highest BCUT2D eigenvalue weighted by Gasteiger charge is 2.25. The first-order valence-electron chi connectivity index (χ1n) is 5.07. The Bertz CT molecular complexity index is 276. The van der Waals surface area contributed by atoms with Gasteiger partial charge in [0, 0.05) is 18.9 Å². The van der Waals surface area contributed by atoms with Crippen LogP contribution in [0.2, 0.25) is 0 Å². The van der Waals surface area contributed by atoms with Gasteiger partial charge in [0.25, 0.3) is 0 Å². The summed E-state index contributed by atoms with van der Waals surface area (Å²) in [6.07, 6.45) is 5.01. The molecule has 3 heteroatoms. The predicted molar refractivity (Wildman–Crippen MR) is 53.1 cm³/mol. The molecular weight excluding hydrogens is 178 g/mol. The van der Waals surface area contributed by atoms with Gasteiger partial charge in [0.1, 0.15) is 6.10 Å². The van der Waals surface area contributed by atoms with Crippen LogP contribution in [-0.4, -0.2) is 22.8 Å². The Morgan fingerprint density at radius 2 is 2.36 bits per heavy atom. The normalized spacial score (nSPS) is 26.4. The quantitative estimate of drug-likeness (QED) is 0.793. The predicted octanol–water partition coefficient (Wildman–Crippen LogP) is 1.62. The first-order valence-corrected chi connectivity index (χ1v) is 5.07. The molecule has 0 saturated heterocycles. The number of ether oxygens (including phenoxy) is 1. The van der Waals surface area contributed by atoms with E-state index >= 15 is 0 Å². The number of aromatic nitrogens is 1. The molecule has 0 radical (unpaired) electrons. The Morgan fingerprint density at radius 1 is 1.43 bits per heavy atom. The van der Waals surface area contributed by atoms with Gasteiger partial charge in [-0.2, -0.15) is 0 Å². The molecule has 1 aromatic rings. The minimum atomic E-state index is 0.238. The molecule has 0 bridgehead atoms. The van der Waals surface area contributed by atoms with Gasteiger partial charge in [-0.05, 0) is 31.2 Å². The number of nitrogens with zero attached hydrogens (tertiary/aromatic N) is 1. The fourth-order valence-electron chi connectivity index (χ4n) is 1.89. The van der Waals surface area contributed by atoms with E-state index in [1.165, 1.54) is 0 Å². The second-order valence-corrected chi connectivity index (χ2v) is 3.77. The number of hydrogen-bond acceptors (Lipinski definition) is 3. The Kier molecular flexibility index (Phi) is 2.99. The van der Waals surface area contributed by atoms with Crippen molar-refractivity contribution < 1.29 is 9.84 Å². The van der Waals surface area contributed by atoms with Gasteiger partial charge in [-0.15, -0.1) is 0 Å². The third-order valence-corrected chi connectivity index (χ3v) is 2.68. The van der Waals surface area contributed by atoms with Crippen molar-refractivity contribution >= 4 is 0 Å². The highest BCUT2D eigenvalue weighted by molar-refractivity contribution is 5.09. The van der Waals surface area contributed by atoms with Crippen LogP contribution in [0, 0.1) is 5.92 Å². The summed E-state index contributed by atoms with van der Waals surface area (Å²) < 4.78 is 5.69. The molecule has 0 amide bonds. The molecule has 1 fully saturated rings. The maximum absolute atomic E-state index is 8.98. The van der Waals surface area contributed by atoms with E-state index in [0.29, 0.717) is 11.8 Å². The van der Waals surface area contributed by atoms with Gasteiger partial charge >= 0.3 is 0 Å². The van der Waals surface area contributed by atoms with Crippen LogP contribution < -0.4 is 4.74 Å². The lowest BCUT2D eigenvalue weighted by atomic mass is 10.1. The molecule has 0 aliphatic heterocycles. The number of rotatable bonds is 3. The molecule has 0 spiro atoms. The summed E-state index contributed by atoms with van der Waals surface area (Å²) in [4.78, 5) is 4.11. The van der Waals surface area contributed by atoms with Crippen molar-refractivity contribution in [2.75, 3.05) is 6.61 Å². The summed E-state index contributed by atoms with van der Waals surface area (Å²) >= 11 is 0. The van der Waals surface area contributed by atoms with Crippen LogP contribution in [0.3, 0.4) is 0 Å². The highest BCUT2D eigenvalue weighted by atomic mass is 16.5. The molecule has 1 N–H and O–H groups in total. The molecule has 2 atom stereocenters. The lowest BCUT2D eigenvalue weighted by Crippen LogP contribution is -2.13. The van der Waals surface area contributed by atoms with Crippen LogP contribution in [0.25, 0.3) is 0 Å². The van der Waals surface area contributed by atoms with E-state index in [1.54, 1.807) is 6.20 Å². The third-order valence-electron chi connectivity index (χ3n) is 2.68. The first kappa shape index (κ1) is 9.46. The molecule has 3 nitrogen and oxygen atoms in total. The molecule has 1 saturated carbocycles. The molecule has 2 unspecified atom stereocenters. The Hall–Kier alpha value is -1.09. The van der Waals surface area contributed by atoms with E-state index in [2.05, 4.69) is 4.98 Å². The Balaban J connectivity index is 1.88. The van der Waals surface area contributed by atoms with Gasteiger partial charge in [0.15, 0.2) is 0 Å². The average Bonchev–Trinajstić information content (AvgIpc) is 2.67. The number of pyridine rings is 1. The van der Waals surface area contributed by atoms with Crippen molar-refractivity contribution in [2.24, 2.45) is 5.92 Å². The summed E-state index contributed by atoms with van der Waals surface area (Å²) in [6.45, 7) is 0.280. The van der Waals surface area contributed by atoms with Gasteiger partial charge in [-0.3, -0.25) is 0 Å². The van der Waals surface area contributed by atoms with E-state index in [4.69, 9.17) is 9.84 Å². The molecular formula is C11H15NO2. The molecule has 2 rings (SSSR count). The zero-order chi connectivity index (χ0) is 9.80. The largest absolute Gasteiger partial charge is 0.474 e. The first-order chi connectivity index (χ1) is 6.88. The minimum absolute atomic E-state index is 0.238. The molecule has 0 aromatic carbocycles. The molecule has 1 aliphatic carbocycles. The summed E-state index contributed by atoms with van der Waals surface area (Å²) in [5.74, 6) is 1.11. The van der Waals surface area contributed by atoms with E-state index in [0.717, 1.165) is 19.3 Å². The van der Waals surface area contributed by atoms with Gasteiger partial charge in [-0.25, -0.2) is 4.98 Å². The van der Waals surface area contributed by atoms with Gasteiger partial charge in [0.2, 0.25) is 5.88 Å². The van der Waals surface area contributed by atoms with Gasteiger partial charge in [-0.1, -0.05) is 6.07 Å². The third kappa shape index (κ3) is 2.23. The van der Waals surface area contributed by atoms with E-state index in [9.17, 15) is 0 Å². The van der Waals surface area contributed by atoms with Crippen LogP contribution in [0.15, 0.2) is 24.4 Å². The Labute approximate surface area is 83.7 Å². The van der Waals surface area contributed by atoms with E-state index in [-0.39, 0.29) is 12.7 Å². The molecule has 1 aromatic heterocycles. The van der Waals surface area contributed by atoms with E-state index < -0.39 is 0 Å². The molecule has 1 aliphatic rings. The van der Waals surface area contributed by atoms with Crippen LogP contribution in [0.4, 0.5) is 0 Å². The second kappa shape index (κ2) is 4.42. The summed E-state index contributed by atoms with van der Waals surface area (Å²) in [5, 5.41) is 8.98. The molecule has 14 heavy (non-hydrogen) atoms. The van der Waals surface area contributed by atoms with Crippen molar-refractivity contribution in [2.45, 2.75) is 25.4 Å². The maximum Gasteiger partial charge on any atom is 0.213 e. The second-order valence-electron chi connectivity index (χ2n) is 3.77. The zero-order valence-corrected chi connectivity index (χ0v) is 8.10. The number of aliphatic hydroxyl groups is 1. The van der Waals surface area contributed by atoms with Crippen molar-refractivity contribution in [1.82, 2.24) is 4.98 Å². The number of aliphatic hydroxyl groups excluding tert-OH is 1. The molecule has 76 valence electrons. The minimum Gasteiger partial charge on any atom is -0.474 e. The fraction of sp³-hybridized carbons (Fsp3) is 0.545. The Morgan fingerprint density at radius 3 is 3.00 bits per heavy atom. The van der Waals surface area contributed by atoms with Crippen LogP contribution in [0.1, 0.15) is 19.3 Å². The van der Waals surface area contributed by atoms with Crippen LogP contribution in [-0.2, 0) is 0 Å². The summed E-state index contributed by atoms with van der Waals surface area (Å²) in [5.41, 5.74) is 0. The summed E-state index contributed by atoms with van der Waals surface area (Å²) in [7, 11) is 0. The number of hydrogen-bond donors (Lipinski definition) is 1.